The van der Waals surface area contributed by atoms with E-state index in [-0.39, 0.29) is 16.7 Å². The molecule has 48 heavy (non-hydrogen) atoms. The number of carbonyl (C=O) groups is 2. The van der Waals surface area contributed by atoms with Crippen LogP contribution in [0.1, 0.15) is 70.9 Å². The van der Waals surface area contributed by atoms with Gasteiger partial charge < -0.3 is 33.6 Å². The van der Waals surface area contributed by atoms with Crippen LogP contribution in [0.3, 0.4) is 0 Å². The quantitative estimate of drug-likeness (QED) is 0.0601. The van der Waals surface area contributed by atoms with Gasteiger partial charge in [0.25, 0.3) is 0 Å². The lowest BCUT2D eigenvalue weighted by Gasteiger charge is -2.27. The van der Waals surface area contributed by atoms with Crippen molar-refractivity contribution in [1.29, 1.82) is 0 Å². The number of nitrogens with one attached hydrogen (secondary N) is 1. The fourth-order valence-electron chi connectivity index (χ4n) is 6.59. The third kappa shape index (κ3) is 8.99. The molecule has 0 spiro atoms. The van der Waals surface area contributed by atoms with Crippen LogP contribution in [0.5, 0.6) is 0 Å². The number of hydrogen-bond acceptors (Lipinski definition) is 9. The predicted octanol–water partition coefficient (Wildman–Crippen LogP) is 7.36. The maximum Gasteiger partial charge on any atom is 0.220 e. The normalized spacial score (nSPS) is 17.0. The molecule has 2 aromatic carbocycles. The maximum absolute atomic E-state index is 12.3. The number of amides is 1. The topological polar surface area (TPSA) is 111 Å². The van der Waals surface area contributed by atoms with Gasteiger partial charge in [0, 0.05) is 94.3 Å². The molecule has 0 saturated carbocycles. The minimum absolute atomic E-state index is 0.0269. The molecule has 2 aliphatic rings. The Morgan fingerprint density at radius 1 is 0.917 bits per heavy atom. The Morgan fingerprint density at radius 3 is 2.31 bits per heavy atom. The van der Waals surface area contributed by atoms with Crippen molar-refractivity contribution in [2.24, 2.45) is 0 Å². The second-order valence-corrected chi connectivity index (χ2v) is 14.4. The average molecular weight is 697 g/mol. The van der Waals surface area contributed by atoms with Crippen LogP contribution in [0.15, 0.2) is 70.1 Å². The smallest absolute Gasteiger partial charge is 0.220 e. The van der Waals surface area contributed by atoms with Crippen molar-refractivity contribution < 1.29 is 32.7 Å². The SMILES string of the molecule is C[N+]1=C(/C=C/C=C2\N(CCCCCC(=O)NCCOCCOCCC=O)c3ccc(SO)cc3C2(C)C)C(C)(C)c2cc(SO)ccc21. The second-order valence-electron chi connectivity index (χ2n) is 13.1. The van der Waals surface area contributed by atoms with Gasteiger partial charge >= 0.3 is 0 Å². The van der Waals surface area contributed by atoms with Crippen molar-refractivity contribution in [1.82, 2.24) is 5.32 Å². The Hall–Kier alpha value is -2.93. The molecule has 0 aromatic heterocycles. The van der Waals surface area contributed by atoms with Crippen molar-refractivity contribution in [3.8, 4) is 0 Å². The molecule has 2 aromatic rings. The van der Waals surface area contributed by atoms with Gasteiger partial charge in [-0.3, -0.25) is 4.79 Å². The molecular formula is C37H50N3O6S2+. The lowest BCUT2D eigenvalue weighted by atomic mass is 9.81. The highest BCUT2D eigenvalue weighted by Crippen LogP contribution is 2.49. The summed E-state index contributed by atoms with van der Waals surface area (Å²) in [5, 5.41) is 2.92. The fourth-order valence-corrected chi connectivity index (χ4v) is 7.19. The first-order chi connectivity index (χ1) is 23.1. The molecule has 1 amide bonds. The molecule has 0 unspecified atom stereocenters. The summed E-state index contributed by atoms with van der Waals surface area (Å²) in [6, 6.07) is 12.2. The number of rotatable bonds is 19. The summed E-state index contributed by atoms with van der Waals surface area (Å²) in [7, 11) is 2.09. The number of anilines is 1. The van der Waals surface area contributed by atoms with Gasteiger partial charge in [-0.2, -0.15) is 4.58 Å². The molecule has 4 rings (SSSR count). The molecule has 260 valence electrons. The molecule has 0 bridgehead atoms. The van der Waals surface area contributed by atoms with Crippen molar-refractivity contribution >= 4 is 53.4 Å². The molecule has 2 aliphatic heterocycles. The third-order valence-electron chi connectivity index (χ3n) is 9.19. The summed E-state index contributed by atoms with van der Waals surface area (Å²) in [5.41, 5.74) is 6.54. The molecule has 2 heterocycles. The Balaban J connectivity index is 1.36. The zero-order valence-electron chi connectivity index (χ0n) is 28.8. The summed E-state index contributed by atoms with van der Waals surface area (Å²) in [6.45, 7) is 11.9. The van der Waals surface area contributed by atoms with Crippen LogP contribution in [0, 0.1) is 0 Å². The number of hydrogen-bond donors (Lipinski definition) is 3. The van der Waals surface area contributed by atoms with E-state index in [2.05, 4.69) is 92.0 Å². The van der Waals surface area contributed by atoms with E-state index < -0.39 is 0 Å². The van der Waals surface area contributed by atoms with Crippen LogP contribution in [0.25, 0.3) is 0 Å². The Morgan fingerprint density at radius 2 is 1.60 bits per heavy atom. The Kier molecular flexibility index (Phi) is 13.9. The summed E-state index contributed by atoms with van der Waals surface area (Å²) in [4.78, 5) is 26.7. The highest BCUT2D eigenvalue weighted by atomic mass is 32.2. The number of benzene rings is 2. The monoisotopic (exact) mass is 696 g/mol. The molecule has 11 heteroatoms. The summed E-state index contributed by atoms with van der Waals surface area (Å²) >= 11 is 1.54. The summed E-state index contributed by atoms with van der Waals surface area (Å²) < 4.78 is 32.4. The molecule has 0 fully saturated rings. The number of unbranched alkanes of at least 4 members (excludes halogenated alkanes) is 2. The number of fused-ring (bicyclic) bond motifs is 2. The molecule has 0 aliphatic carbocycles. The van der Waals surface area contributed by atoms with Gasteiger partial charge in [0.05, 0.1) is 31.8 Å². The molecule has 3 N–H and O–H groups in total. The van der Waals surface area contributed by atoms with E-state index in [1.54, 1.807) is 0 Å². The zero-order chi connectivity index (χ0) is 34.7. The van der Waals surface area contributed by atoms with Crippen LogP contribution in [-0.4, -0.2) is 78.2 Å². The lowest BCUT2D eigenvalue weighted by Crippen LogP contribution is -2.28. The van der Waals surface area contributed by atoms with Crippen LogP contribution >= 0.6 is 24.1 Å². The number of ether oxygens (including phenoxy) is 2. The van der Waals surface area contributed by atoms with E-state index in [0.717, 1.165) is 77.3 Å². The fraction of sp³-hybridized carbons (Fsp3) is 0.486. The van der Waals surface area contributed by atoms with Gasteiger partial charge in [-0.1, -0.05) is 26.3 Å². The van der Waals surface area contributed by atoms with Gasteiger partial charge in [0.15, 0.2) is 5.71 Å². The molecule has 0 radical (unpaired) electrons. The van der Waals surface area contributed by atoms with E-state index >= 15 is 0 Å². The van der Waals surface area contributed by atoms with Gasteiger partial charge in [-0.05, 0) is 68.7 Å². The lowest BCUT2D eigenvalue weighted by molar-refractivity contribution is -0.401. The van der Waals surface area contributed by atoms with Crippen LogP contribution < -0.4 is 10.2 Å². The van der Waals surface area contributed by atoms with E-state index in [9.17, 15) is 18.7 Å². The first kappa shape index (κ1) is 37.9. The number of aldehydes is 1. The van der Waals surface area contributed by atoms with E-state index in [1.807, 2.05) is 12.1 Å². The van der Waals surface area contributed by atoms with E-state index in [1.165, 1.54) is 22.5 Å². The van der Waals surface area contributed by atoms with Crippen molar-refractivity contribution in [2.75, 3.05) is 51.5 Å². The van der Waals surface area contributed by atoms with Crippen LogP contribution in [-0.2, 0) is 29.9 Å². The van der Waals surface area contributed by atoms with Crippen molar-refractivity contribution in [3.05, 3.63) is 71.5 Å². The van der Waals surface area contributed by atoms with Crippen molar-refractivity contribution in [2.45, 2.75) is 80.4 Å². The molecule has 0 saturated heterocycles. The van der Waals surface area contributed by atoms with Gasteiger partial charge in [-0.25, -0.2) is 0 Å². The molecular weight excluding hydrogens is 647 g/mol. The standard InChI is InChI=1S/C37H49N3O6S2/c1-36(2)29-25-27(47-43)14-16-31(29)39(5)33(36)11-9-12-34-37(3,4)30-26-28(48-44)15-17-32(30)40(34)19-8-6-7-13-35(42)38-18-22-46-24-23-45-21-10-20-41/h9,11-12,14-17,20,25-26H,6-8,10,13,18-19,21-24H2,1-5H3,(H2-,38,42,43,44)/p+1. The molecule has 0 atom stereocenters. The maximum atomic E-state index is 12.3. The van der Waals surface area contributed by atoms with E-state index in [4.69, 9.17) is 9.47 Å². The average Bonchev–Trinajstić information content (AvgIpc) is 3.40. The third-order valence-corrected chi connectivity index (χ3v) is 10.1. The summed E-state index contributed by atoms with van der Waals surface area (Å²) in [6.07, 6.45) is 10.9. The molecule has 9 nitrogen and oxygen atoms in total. The predicted molar refractivity (Wildman–Crippen MR) is 195 cm³/mol. The Labute approximate surface area is 293 Å². The largest absolute Gasteiger partial charge is 0.379 e. The van der Waals surface area contributed by atoms with Gasteiger partial charge in [0.1, 0.15) is 13.3 Å². The first-order valence-corrected chi connectivity index (χ1v) is 18.2. The zero-order valence-corrected chi connectivity index (χ0v) is 30.4. The first-order valence-electron chi connectivity index (χ1n) is 16.6. The highest BCUT2D eigenvalue weighted by molar-refractivity contribution is 7.94. The number of allylic oxidation sites excluding steroid dienone is 4. The number of nitrogens with zero attached hydrogens (tertiary/aromatic N) is 2. The second kappa shape index (κ2) is 17.6. The number of carbonyl (C=O) groups excluding carboxylic acids is 2. The minimum Gasteiger partial charge on any atom is -0.379 e. The van der Waals surface area contributed by atoms with Crippen LogP contribution in [0.4, 0.5) is 11.4 Å². The van der Waals surface area contributed by atoms with Gasteiger partial charge in [-0.15, -0.1) is 0 Å². The minimum atomic E-state index is -0.271. The summed E-state index contributed by atoms with van der Waals surface area (Å²) in [5.74, 6) is 0.0269. The van der Waals surface area contributed by atoms with Crippen molar-refractivity contribution in [3.63, 3.8) is 0 Å². The van der Waals surface area contributed by atoms with E-state index in [0.29, 0.717) is 45.8 Å². The van der Waals surface area contributed by atoms with Gasteiger partial charge in [0.2, 0.25) is 11.6 Å². The highest BCUT2D eigenvalue weighted by Gasteiger charge is 2.43. The van der Waals surface area contributed by atoms with Crippen LogP contribution in [0.2, 0.25) is 0 Å². The Bertz CT molecular complexity index is 1530.